The zero-order valence-corrected chi connectivity index (χ0v) is 7.10. The molecular formula is C8H11FN2O. The van der Waals surface area contributed by atoms with Gasteiger partial charge in [-0.15, -0.1) is 0 Å². The zero-order chi connectivity index (χ0) is 8.97. The summed E-state index contributed by atoms with van der Waals surface area (Å²) >= 11 is 0. The highest BCUT2D eigenvalue weighted by molar-refractivity contribution is 5.21. The Morgan fingerprint density at radius 1 is 1.67 bits per heavy atom. The van der Waals surface area contributed by atoms with E-state index in [2.05, 4.69) is 10.3 Å². The summed E-state index contributed by atoms with van der Waals surface area (Å²) in [6.07, 6.45) is 1.16. The first-order chi connectivity index (χ1) is 5.77. The number of aromatic nitrogens is 1. The lowest BCUT2D eigenvalue weighted by molar-refractivity contribution is 0.394. The average Bonchev–Trinajstić information content (AvgIpc) is 2.09. The summed E-state index contributed by atoms with van der Waals surface area (Å²) in [6, 6.07) is 1.58. The third kappa shape index (κ3) is 1.92. The largest absolute Gasteiger partial charge is 0.481 e. The van der Waals surface area contributed by atoms with Gasteiger partial charge in [-0.3, -0.25) is 0 Å². The molecule has 66 valence electrons. The standard InChI is InChI=1S/C8H11FN2O/c1-10-4-6-3-8(12-2)11-5-7(6)9/h3,5,10H,4H2,1-2H3. The Kier molecular flexibility index (Phi) is 2.99. The second kappa shape index (κ2) is 4.01. The minimum Gasteiger partial charge on any atom is -0.481 e. The highest BCUT2D eigenvalue weighted by atomic mass is 19.1. The van der Waals surface area contributed by atoms with Crippen LogP contribution in [0.2, 0.25) is 0 Å². The molecular weight excluding hydrogens is 159 g/mol. The Morgan fingerprint density at radius 3 is 3.00 bits per heavy atom. The number of ether oxygens (including phenoxy) is 1. The summed E-state index contributed by atoms with van der Waals surface area (Å²) in [4.78, 5) is 3.71. The molecule has 0 aromatic carbocycles. The van der Waals surface area contributed by atoms with E-state index in [9.17, 15) is 4.39 Å². The van der Waals surface area contributed by atoms with Crippen LogP contribution in [0.3, 0.4) is 0 Å². The van der Waals surface area contributed by atoms with Crippen LogP contribution >= 0.6 is 0 Å². The molecule has 0 bridgehead atoms. The highest BCUT2D eigenvalue weighted by Crippen LogP contribution is 2.12. The molecule has 1 aromatic heterocycles. The van der Waals surface area contributed by atoms with E-state index in [1.165, 1.54) is 7.11 Å². The molecule has 3 nitrogen and oxygen atoms in total. The summed E-state index contributed by atoms with van der Waals surface area (Å²) < 4.78 is 17.8. The number of pyridine rings is 1. The van der Waals surface area contributed by atoms with Gasteiger partial charge in [0.15, 0.2) is 0 Å². The summed E-state index contributed by atoms with van der Waals surface area (Å²) in [6.45, 7) is 0.477. The number of halogens is 1. The molecule has 0 unspecified atom stereocenters. The van der Waals surface area contributed by atoms with Crippen molar-refractivity contribution in [1.82, 2.24) is 10.3 Å². The van der Waals surface area contributed by atoms with Crippen molar-refractivity contribution >= 4 is 0 Å². The fourth-order valence-electron chi connectivity index (χ4n) is 0.896. The van der Waals surface area contributed by atoms with Crippen LogP contribution in [0.25, 0.3) is 0 Å². The van der Waals surface area contributed by atoms with Crippen molar-refractivity contribution in [2.45, 2.75) is 6.54 Å². The van der Waals surface area contributed by atoms with E-state index in [1.54, 1.807) is 13.1 Å². The topological polar surface area (TPSA) is 34.1 Å². The first-order valence-corrected chi connectivity index (χ1v) is 3.61. The van der Waals surface area contributed by atoms with Gasteiger partial charge in [-0.2, -0.15) is 0 Å². The van der Waals surface area contributed by atoms with Crippen molar-refractivity contribution in [2.75, 3.05) is 14.2 Å². The molecule has 1 rings (SSSR count). The molecule has 1 aromatic rings. The van der Waals surface area contributed by atoms with E-state index in [1.807, 2.05) is 0 Å². The van der Waals surface area contributed by atoms with Crippen molar-refractivity contribution < 1.29 is 9.13 Å². The molecule has 0 saturated heterocycles. The van der Waals surface area contributed by atoms with Gasteiger partial charge in [0.1, 0.15) is 5.82 Å². The first-order valence-electron chi connectivity index (χ1n) is 3.61. The fraction of sp³-hybridized carbons (Fsp3) is 0.375. The number of rotatable bonds is 3. The van der Waals surface area contributed by atoms with Gasteiger partial charge in [-0.1, -0.05) is 0 Å². The normalized spacial score (nSPS) is 9.92. The van der Waals surface area contributed by atoms with Gasteiger partial charge in [0.05, 0.1) is 13.3 Å². The molecule has 1 heterocycles. The third-order valence-electron chi connectivity index (χ3n) is 1.49. The molecule has 0 saturated carbocycles. The molecule has 1 N–H and O–H groups in total. The predicted octanol–water partition coefficient (Wildman–Crippen LogP) is 0.949. The van der Waals surface area contributed by atoms with Gasteiger partial charge in [-0.25, -0.2) is 9.37 Å². The van der Waals surface area contributed by atoms with Crippen molar-refractivity contribution in [3.05, 3.63) is 23.6 Å². The van der Waals surface area contributed by atoms with Gasteiger partial charge in [0.2, 0.25) is 5.88 Å². The lowest BCUT2D eigenvalue weighted by atomic mass is 10.2. The fourth-order valence-corrected chi connectivity index (χ4v) is 0.896. The number of nitrogens with one attached hydrogen (secondary N) is 1. The molecule has 0 atom stereocenters. The number of hydrogen-bond donors (Lipinski definition) is 1. The Hall–Kier alpha value is -1.16. The van der Waals surface area contributed by atoms with E-state index in [4.69, 9.17) is 4.74 Å². The minimum absolute atomic E-state index is 0.315. The number of nitrogens with zero attached hydrogens (tertiary/aromatic N) is 1. The summed E-state index contributed by atoms with van der Waals surface area (Å²) in [5.74, 6) is 0.117. The molecule has 0 amide bonds. The summed E-state index contributed by atoms with van der Waals surface area (Å²) in [7, 11) is 3.26. The maximum atomic E-state index is 12.9. The van der Waals surface area contributed by atoms with Gasteiger partial charge in [0, 0.05) is 18.2 Å². The van der Waals surface area contributed by atoms with Crippen LogP contribution in [0.4, 0.5) is 4.39 Å². The average molecular weight is 170 g/mol. The number of methoxy groups -OCH3 is 1. The molecule has 0 aliphatic heterocycles. The van der Waals surface area contributed by atoms with E-state index in [-0.39, 0.29) is 5.82 Å². The molecule has 0 aliphatic carbocycles. The van der Waals surface area contributed by atoms with Gasteiger partial charge in [-0.05, 0) is 7.05 Å². The summed E-state index contributed by atoms with van der Waals surface area (Å²) in [5.41, 5.74) is 0.560. The first kappa shape index (κ1) is 8.93. The minimum atomic E-state index is -0.315. The van der Waals surface area contributed by atoms with Gasteiger partial charge in [0.25, 0.3) is 0 Å². The maximum Gasteiger partial charge on any atom is 0.213 e. The SMILES string of the molecule is CNCc1cc(OC)ncc1F. The van der Waals surface area contributed by atoms with Crippen molar-refractivity contribution in [3.63, 3.8) is 0 Å². The van der Waals surface area contributed by atoms with E-state index in [0.717, 1.165) is 6.20 Å². The molecule has 0 radical (unpaired) electrons. The Bertz CT molecular complexity index is 265. The van der Waals surface area contributed by atoms with Crippen LogP contribution in [-0.4, -0.2) is 19.1 Å². The molecule has 0 spiro atoms. The lowest BCUT2D eigenvalue weighted by Gasteiger charge is -2.03. The molecule has 0 fully saturated rings. The van der Waals surface area contributed by atoms with Crippen LogP contribution < -0.4 is 10.1 Å². The molecule has 12 heavy (non-hydrogen) atoms. The van der Waals surface area contributed by atoms with Crippen molar-refractivity contribution in [1.29, 1.82) is 0 Å². The van der Waals surface area contributed by atoms with E-state index in [0.29, 0.717) is 18.0 Å². The quantitative estimate of drug-likeness (QED) is 0.733. The molecule has 0 aliphatic rings. The molecule has 4 heteroatoms. The van der Waals surface area contributed by atoms with Crippen molar-refractivity contribution in [3.8, 4) is 5.88 Å². The van der Waals surface area contributed by atoms with Crippen LogP contribution in [0.5, 0.6) is 5.88 Å². The number of hydrogen-bond acceptors (Lipinski definition) is 3. The monoisotopic (exact) mass is 170 g/mol. The second-order valence-electron chi connectivity index (χ2n) is 2.35. The smallest absolute Gasteiger partial charge is 0.213 e. The lowest BCUT2D eigenvalue weighted by Crippen LogP contribution is -2.07. The van der Waals surface area contributed by atoms with Crippen LogP contribution in [-0.2, 0) is 6.54 Å². The van der Waals surface area contributed by atoms with E-state index < -0.39 is 0 Å². The Labute approximate surface area is 70.6 Å². The van der Waals surface area contributed by atoms with Crippen molar-refractivity contribution in [2.24, 2.45) is 0 Å². The van der Waals surface area contributed by atoms with Crippen LogP contribution in [0, 0.1) is 5.82 Å². The van der Waals surface area contributed by atoms with Gasteiger partial charge >= 0.3 is 0 Å². The second-order valence-corrected chi connectivity index (χ2v) is 2.35. The predicted molar refractivity (Wildman–Crippen MR) is 43.5 cm³/mol. The summed E-state index contributed by atoms with van der Waals surface area (Å²) in [5, 5.41) is 2.85. The highest BCUT2D eigenvalue weighted by Gasteiger charge is 2.03. The Morgan fingerprint density at radius 2 is 2.42 bits per heavy atom. The van der Waals surface area contributed by atoms with Gasteiger partial charge < -0.3 is 10.1 Å². The van der Waals surface area contributed by atoms with Crippen LogP contribution in [0.1, 0.15) is 5.56 Å². The zero-order valence-electron chi connectivity index (χ0n) is 7.10. The Balaban J connectivity index is 2.91. The van der Waals surface area contributed by atoms with E-state index >= 15 is 0 Å². The third-order valence-corrected chi connectivity index (χ3v) is 1.49. The maximum absolute atomic E-state index is 12.9. The van der Waals surface area contributed by atoms with Crippen LogP contribution in [0.15, 0.2) is 12.3 Å².